The molecule has 0 saturated carbocycles. The first-order chi connectivity index (χ1) is 17.4. The molecule has 2 aliphatic carbocycles. The van der Waals surface area contributed by atoms with Gasteiger partial charge in [-0.25, -0.2) is 0 Å². The Bertz CT molecular complexity index is 1290. The topological polar surface area (TPSA) is 0 Å². The first-order valence-corrected chi connectivity index (χ1v) is 14.9. The molecule has 2 aliphatic rings. The summed E-state index contributed by atoms with van der Waals surface area (Å²) in [6.07, 6.45) is 4.99. The summed E-state index contributed by atoms with van der Waals surface area (Å²) in [6.45, 7) is 26.4. The Morgan fingerprint density at radius 3 is 1.11 bits per heavy atom. The first kappa shape index (κ1) is 27.2. The van der Waals surface area contributed by atoms with Gasteiger partial charge in [-0.05, 0) is 109 Å². The summed E-state index contributed by atoms with van der Waals surface area (Å²) in [4.78, 5) is 0. The molecule has 5 rings (SSSR count). The minimum absolute atomic E-state index is 0.0791. The van der Waals surface area contributed by atoms with Crippen molar-refractivity contribution in [2.75, 3.05) is 0 Å². The van der Waals surface area contributed by atoms with Crippen molar-refractivity contribution in [3.8, 4) is 22.3 Å². The van der Waals surface area contributed by atoms with Gasteiger partial charge in [0.05, 0.1) is 0 Å². The predicted molar refractivity (Wildman–Crippen MR) is 167 cm³/mol. The van der Waals surface area contributed by atoms with E-state index in [1.54, 1.807) is 0 Å². The fourth-order valence-electron chi connectivity index (χ4n) is 6.93. The van der Waals surface area contributed by atoms with Crippen molar-refractivity contribution in [3.63, 3.8) is 0 Å². The SMILES string of the molecule is CC(C)(C)c1cc(-c2ccc3c(c2)C(C)(C)CCC3(C)C)cc(-c2ccc3c(c2)C(C)(C)CCC3(C)C)c1. The average Bonchev–Trinajstić information content (AvgIpc) is 2.84. The summed E-state index contributed by atoms with van der Waals surface area (Å²) in [5.74, 6) is 0. The van der Waals surface area contributed by atoms with Crippen LogP contribution in [0.4, 0.5) is 0 Å². The van der Waals surface area contributed by atoms with E-state index in [9.17, 15) is 0 Å². The lowest BCUT2D eigenvalue weighted by Crippen LogP contribution is -2.33. The van der Waals surface area contributed by atoms with E-state index in [1.165, 1.54) is 75.8 Å². The van der Waals surface area contributed by atoms with Gasteiger partial charge in [-0.1, -0.05) is 125 Å². The lowest BCUT2D eigenvalue weighted by atomic mass is 9.62. The third-order valence-electron chi connectivity index (χ3n) is 10.2. The van der Waals surface area contributed by atoms with E-state index in [1.807, 2.05) is 0 Å². The summed E-state index contributed by atoms with van der Waals surface area (Å²) < 4.78 is 0. The van der Waals surface area contributed by atoms with E-state index in [4.69, 9.17) is 0 Å². The quantitative estimate of drug-likeness (QED) is 0.324. The third kappa shape index (κ3) is 4.67. The number of benzene rings is 3. The molecule has 0 amide bonds. The van der Waals surface area contributed by atoms with Crippen molar-refractivity contribution < 1.29 is 0 Å². The molecule has 3 aromatic rings. The first-order valence-electron chi connectivity index (χ1n) is 14.9. The number of hydrogen-bond donors (Lipinski definition) is 0. The van der Waals surface area contributed by atoms with Crippen LogP contribution in [-0.2, 0) is 27.1 Å². The predicted octanol–water partition coefficient (Wildman–Crippen LogP) is 11.0. The van der Waals surface area contributed by atoms with Crippen molar-refractivity contribution in [2.45, 2.75) is 129 Å². The molecule has 0 nitrogen and oxygen atoms in total. The zero-order chi connectivity index (χ0) is 27.9. The zero-order valence-electron chi connectivity index (χ0n) is 26.0. The van der Waals surface area contributed by atoms with Gasteiger partial charge in [-0.3, -0.25) is 0 Å². The van der Waals surface area contributed by atoms with Crippen LogP contribution in [-0.4, -0.2) is 0 Å². The Kier molecular flexibility index (Phi) is 6.15. The van der Waals surface area contributed by atoms with E-state index in [0.717, 1.165) is 0 Å². The molecule has 0 atom stereocenters. The van der Waals surface area contributed by atoms with Crippen molar-refractivity contribution in [1.82, 2.24) is 0 Å². The molecular formula is C38H50. The minimum atomic E-state index is 0.0791. The molecule has 0 heterocycles. The van der Waals surface area contributed by atoms with Gasteiger partial charge in [-0.2, -0.15) is 0 Å². The summed E-state index contributed by atoms with van der Waals surface area (Å²) in [7, 11) is 0. The standard InChI is InChI=1S/C38H50/c1-34(2,3)29-21-27(25-12-14-30-32(23-25)37(8,9)18-16-35(30,4)5)20-28(22-29)26-13-15-31-33(24-26)38(10,11)19-17-36(31,6)7/h12-15,20-24H,16-19H2,1-11H3. The van der Waals surface area contributed by atoms with Crippen LogP contribution in [0.1, 0.15) is 130 Å². The highest BCUT2D eigenvalue weighted by Crippen LogP contribution is 2.49. The van der Waals surface area contributed by atoms with Crippen LogP contribution in [0, 0.1) is 0 Å². The fraction of sp³-hybridized carbons (Fsp3) is 0.526. The van der Waals surface area contributed by atoms with E-state index in [0.29, 0.717) is 0 Å². The van der Waals surface area contributed by atoms with Gasteiger partial charge in [0.15, 0.2) is 0 Å². The highest BCUT2D eigenvalue weighted by Gasteiger charge is 2.38. The highest BCUT2D eigenvalue weighted by molar-refractivity contribution is 5.76. The minimum Gasteiger partial charge on any atom is -0.0576 e. The molecule has 202 valence electrons. The lowest BCUT2D eigenvalue weighted by molar-refractivity contribution is 0.332. The van der Waals surface area contributed by atoms with Crippen LogP contribution in [0.2, 0.25) is 0 Å². The van der Waals surface area contributed by atoms with E-state index in [2.05, 4.69) is 131 Å². The molecule has 0 bridgehead atoms. The van der Waals surface area contributed by atoms with Crippen LogP contribution >= 0.6 is 0 Å². The molecule has 0 aromatic heterocycles. The Morgan fingerprint density at radius 2 is 0.763 bits per heavy atom. The van der Waals surface area contributed by atoms with Gasteiger partial charge < -0.3 is 0 Å². The lowest BCUT2D eigenvalue weighted by Gasteiger charge is -2.42. The maximum absolute atomic E-state index is 2.51. The monoisotopic (exact) mass is 506 g/mol. The molecule has 3 aromatic carbocycles. The van der Waals surface area contributed by atoms with Gasteiger partial charge in [0, 0.05) is 0 Å². The van der Waals surface area contributed by atoms with Crippen LogP contribution in [0.5, 0.6) is 0 Å². The van der Waals surface area contributed by atoms with Gasteiger partial charge in [0.1, 0.15) is 0 Å². The summed E-state index contributed by atoms with van der Waals surface area (Å²) in [6, 6.07) is 22.0. The number of fused-ring (bicyclic) bond motifs is 2. The Morgan fingerprint density at radius 1 is 0.421 bits per heavy atom. The molecule has 0 heteroatoms. The molecule has 0 unspecified atom stereocenters. The highest BCUT2D eigenvalue weighted by atomic mass is 14.4. The van der Waals surface area contributed by atoms with E-state index < -0.39 is 0 Å². The van der Waals surface area contributed by atoms with Crippen molar-refractivity contribution in [2.24, 2.45) is 0 Å². The normalized spacial score (nSPS) is 20.9. The van der Waals surface area contributed by atoms with Crippen molar-refractivity contribution >= 4 is 0 Å². The Labute approximate surface area is 233 Å². The van der Waals surface area contributed by atoms with E-state index >= 15 is 0 Å². The average molecular weight is 507 g/mol. The molecule has 0 spiro atoms. The molecule has 0 N–H and O–H groups in total. The summed E-state index contributed by atoms with van der Waals surface area (Å²) in [5, 5.41) is 0. The van der Waals surface area contributed by atoms with Crippen molar-refractivity contribution in [3.05, 3.63) is 82.4 Å². The van der Waals surface area contributed by atoms with Gasteiger partial charge in [0.25, 0.3) is 0 Å². The van der Waals surface area contributed by atoms with Gasteiger partial charge >= 0.3 is 0 Å². The second-order valence-corrected chi connectivity index (χ2v) is 16.1. The Balaban J connectivity index is 1.69. The molecular weight excluding hydrogens is 456 g/mol. The maximum Gasteiger partial charge on any atom is -0.0100 e. The third-order valence-corrected chi connectivity index (χ3v) is 10.2. The Hall–Kier alpha value is -2.34. The molecule has 38 heavy (non-hydrogen) atoms. The van der Waals surface area contributed by atoms with Crippen LogP contribution in [0.15, 0.2) is 54.6 Å². The van der Waals surface area contributed by atoms with Crippen LogP contribution < -0.4 is 0 Å². The maximum atomic E-state index is 2.51. The van der Waals surface area contributed by atoms with Crippen molar-refractivity contribution in [1.29, 1.82) is 0 Å². The summed E-state index contributed by atoms with van der Waals surface area (Å²) >= 11 is 0. The van der Waals surface area contributed by atoms with Crippen LogP contribution in [0.3, 0.4) is 0 Å². The molecule has 0 radical (unpaired) electrons. The zero-order valence-corrected chi connectivity index (χ0v) is 26.0. The smallest absolute Gasteiger partial charge is 0.0100 e. The summed E-state index contributed by atoms with van der Waals surface area (Å²) in [5.41, 5.74) is 13.9. The molecule has 0 aliphatic heterocycles. The second-order valence-electron chi connectivity index (χ2n) is 16.1. The molecule has 0 saturated heterocycles. The van der Waals surface area contributed by atoms with Crippen LogP contribution in [0.25, 0.3) is 22.3 Å². The fourth-order valence-corrected chi connectivity index (χ4v) is 6.93. The number of hydrogen-bond acceptors (Lipinski definition) is 0. The van der Waals surface area contributed by atoms with Gasteiger partial charge in [-0.15, -0.1) is 0 Å². The molecule has 0 fully saturated rings. The van der Waals surface area contributed by atoms with E-state index in [-0.39, 0.29) is 27.1 Å². The largest absolute Gasteiger partial charge is 0.0576 e. The number of rotatable bonds is 2. The second kappa shape index (κ2) is 8.58. The van der Waals surface area contributed by atoms with Gasteiger partial charge in [0.2, 0.25) is 0 Å².